The fourth-order valence-electron chi connectivity index (χ4n) is 7.05. The first kappa shape index (κ1) is 52.3. The molecule has 0 saturated carbocycles. The molecule has 0 amide bonds. The van der Waals surface area contributed by atoms with Gasteiger partial charge in [-0.05, 0) is 95.1 Å². The van der Waals surface area contributed by atoms with Crippen molar-refractivity contribution < 1.29 is 98.2 Å². The molecule has 2 fully saturated rings. The number of ether oxygens (including phenoxy) is 8. The van der Waals surface area contributed by atoms with Gasteiger partial charge in [-0.3, -0.25) is 0 Å². The zero-order chi connectivity index (χ0) is 50.4. The SMILES string of the molecule is COc1cc(/C=C/C(=O)OC[C@H]2O[C@H](O[C@]3(CCOC(O)/C=C/c4ccc(O)cc4)O[C@H](COC(=O)/C=C/c4ccc(O)cc4)[C@@H](O)[C@@H]3OC(=O)/C=C/c3ccc(O)cc3)[C@H](O)[C@@H](O)[C@@H]2O)ccc1O. The molecule has 2 aliphatic heterocycles. The number of phenols is 4. The number of esters is 3. The second kappa shape index (κ2) is 24.4. The van der Waals surface area contributed by atoms with Gasteiger partial charge in [0.05, 0.1) is 13.7 Å². The molecule has 10 atom stereocenters. The number of aliphatic hydroxyl groups excluding tert-OH is 5. The number of methoxy groups -OCH3 is 1. The maximum absolute atomic E-state index is 13.5. The molecular weight excluding hydrogens is 921 g/mol. The third-order valence-corrected chi connectivity index (χ3v) is 10.8. The van der Waals surface area contributed by atoms with Gasteiger partial charge in [-0.25, -0.2) is 14.4 Å². The van der Waals surface area contributed by atoms with Crippen LogP contribution in [0.5, 0.6) is 28.7 Å². The van der Waals surface area contributed by atoms with Crippen LogP contribution in [0.2, 0.25) is 0 Å². The number of rotatable bonds is 20. The minimum Gasteiger partial charge on any atom is -0.508 e. The zero-order valence-electron chi connectivity index (χ0n) is 37.3. The van der Waals surface area contributed by atoms with E-state index in [0.717, 1.165) is 18.2 Å². The molecule has 372 valence electrons. The number of aliphatic hydroxyl groups is 5. The lowest BCUT2D eigenvalue weighted by Gasteiger charge is -2.44. The van der Waals surface area contributed by atoms with Crippen LogP contribution in [0.25, 0.3) is 24.3 Å². The normalized spacial score (nSPS) is 25.1. The molecule has 0 bridgehead atoms. The first-order chi connectivity index (χ1) is 33.5. The van der Waals surface area contributed by atoms with Gasteiger partial charge >= 0.3 is 17.9 Å². The van der Waals surface area contributed by atoms with Crippen molar-refractivity contribution in [2.45, 2.75) is 67.5 Å². The molecule has 6 rings (SSSR count). The second-order valence-electron chi connectivity index (χ2n) is 15.8. The zero-order valence-corrected chi connectivity index (χ0v) is 37.3. The Hall–Kier alpha value is -7.11. The predicted molar refractivity (Wildman–Crippen MR) is 245 cm³/mol. The Kier molecular flexibility index (Phi) is 18.3. The molecule has 0 spiro atoms. The highest BCUT2D eigenvalue weighted by Crippen LogP contribution is 2.41. The third-order valence-electron chi connectivity index (χ3n) is 10.8. The molecule has 2 saturated heterocycles. The minimum absolute atomic E-state index is 0.00248. The van der Waals surface area contributed by atoms with Crippen LogP contribution in [-0.2, 0) is 47.5 Å². The minimum atomic E-state index is -2.45. The lowest BCUT2D eigenvalue weighted by atomic mass is 9.98. The molecule has 0 aliphatic carbocycles. The van der Waals surface area contributed by atoms with E-state index < -0.39 is 105 Å². The monoisotopic (exact) mass is 972 g/mol. The van der Waals surface area contributed by atoms with Gasteiger partial charge in [0.25, 0.3) is 0 Å². The van der Waals surface area contributed by atoms with Gasteiger partial charge in [0.1, 0.15) is 67.1 Å². The van der Waals surface area contributed by atoms with Crippen LogP contribution in [0.15, 0.2) is 115 Å². The van der Waals surface area contributed by atoms with Crippen LogP contribution in [-0.4, -0.2) is 152 Å². The van der Waals surface area contributed by atoms with Crippen LogP contribution in [0, 0.1) is 0 Å². The van der Waals surface area contributed by atoms with E-state index in [1.165, 1.54) is 116 Å². The van der Waals surface area contributed by atoms with Crippen molar-refractivity contribution in [3.63, 3.8) is 0 Å². The largest absolute Gasteiger partial charge is 0.508 e. The number of phenolic OH excluding ortho intramolecular Hbond substituents is 4. The summed E-state index contributed by atoms with van der Waals surface area (Å²) in [6, 6.07) is 21.9. The summed E-state index contributed by atoms with van der Waals surface area (Å²) in [5.74, 6) is -5.37. The number of hydrogen-bond donors (Lipinski definition) is 9. The molecule has 20 heteroatoms. The smallest absolute Gasteiger partial charge is 0.331 e. The van der Waals surface area contributed by atoms with E-state index in [-0.39, 0.29) is 28.7 Å². The van der Waals surface area contributed by atoms with E-state index in [9.17, 15) is 60.3 Å². The summed E-state index contributed by atoms with van der Waals surface area (Å²) in [6.45, 7) is -1.93. The summed E-state index contributed by atoms with van der Waals surface area (Å²) in [6.07, 6.45) is -7.17. The second-order valence-corrected chi connectivity index (χ2v) is 15.8. The predicted octanol–water partition coefficient (Wildman–Crippen LogP) is 2.67. The Morgan fingerprint density at radius 3 is 1.69 bits per heavy atom. The van der Waals surface area contributed by atoms with Gasteiger partial charge in [-0.1, -0.05) is 48.5 Å². The molecule has 2 aliphatic rings. The highest BCUT2D eigenvalue weighted by atomic mass is 16.8. The maximum Gasteiger partial charge on any atom is 0.331 e. The molecule has 70 heavy (non-hydrogen) atoms. The first-order valence-corrected chi connectivity index (χ1v) is 21.6. The highest BCUT2D eigenvalue weighted by Gasteiger charge is 2.61. The first-order valence-electron chi connectivity index (χ1n) is 21.6. The molecule has 20 nitrogen and oxygen atoms in total. The van der Waals surface area contributed by atoms with Gasteiger partial charge in [0.15, 0.2) is 30.2 Å². The van der Waals surface area contributed by atoms with E-state index in [0.29, 0.717) is 22.3 Å². The van der Waals surface area contributed by atoms with Crippen LogP contribution in [0.4, 0.5) is 0 Å². The maximum atomic E-state index is 13.5. The molecule has 1 unspecified atom stereocenters. The van der Waals surface area contributed by atoms with Crippen LogP contribution >= 0.6 is 0 Å². The van der Waals surface area contributed by atoms with Gasteiger partial charge in [-0.15, -0.1) is 0 Å². The quantitative estimate of drug-likeness (QED) is 0.0266. The standard InChI is InChI=1S/C50H52O20/c1-63-37-26-32(8-19-36(37)54)12-22-42(57)65-27-38-44(59)46(61)47(62)49(67-38)70-50(24-25-64-40(55)20-9-29-2-13-33(51)14-3-29)48(68-43(58)23-11-31-6-17-35(53)18-7-31)45(60)39(69-50)28-66-41(56)21-10-30-4-15-34(52)16-5-30/h2-23,26,38-40,44-49,51-55,59-62H,24-25,27-28H2,1H3/b20-9+,21-10+,22-12+,23-11+/t38-,39-,40?,44-,45-,46+,47-,48+,49-,50+/m1/s1. The Balaban J connectivity index is 1.26. The van der Waals surface area contributed by atoms with Gasteiger partial charge in [0, 0.05) is 24.6 Å². The Morgan fingerprint density at radius 2 is 1.13 bits per heavy atom. The van der Waals surface area contributed by atoms with Crippen LogP contribution in [0.3, 0.4) is 0 Å². The van der Waals surface area contributed by atoms with Crippen molar-refractivity contribution in [2.24, 2.45) is 0 Å². The molecule has 9 N–H and O–H groups in total. The Morgan fingerprint density at radius 1 is 0.629 bits per heavy atom. The van der Waals surface area contributed by atoms with Gasteiger partial charge < -0.3 is 83.9 Å². The van der Waals surface area contributed by atoms with Crippen molar-refractivity contribution in [3.05, 3.63) is 138 Å². The summed E-state index contributed by atoms with van der Waals surface area (Å²) in [5.41, 5.74) is 2.03. The van der Waals surface area contributed by atoms with Gasteiger partial charge in [0.2, 0.25) is 5.79 Å². The number of aromatic hydroxyl groups is 4. The molecule has 0 radical (unpaired) electrons. The highest BCUT2D eigenvalue weighted by molar-refractivity contribution is 5.88. The van der Waals surface area contributed by atoms with Crippen LogP contribution in [0.1, 0.15) is 28.7 Å². The average Bonchev–Trinajstić information content (AvgIpc) is 3.60. The third kappa shape index (κ3) is 14.5. The van der Waals surface area contributed by atoms with E-state index >= 15 is 0 Å². The average molecular weight is 973 g/mol. The molecule has 4 aromatic carbocycles. The number of carbonyl (C=O) groups excluding carboxylic acids is 3. The molecule has 4 aromatic rings. The lowest BCUT2D eigenvalue weighted by Crippen LogP contribution is -2.62. The summed E-state index contributed by atoms with van der Waals surface area (Å²) in [7, 11) is 1.35. The fourth-order valence-corrected chi connectivity index (χ4v) is 7.05. The van der Waals surface area contributed by atoms with Crippen molar-refractivity contribution in [1.29, 1.82) is 0 Å². The fraction of sp³-hybridized carbons (Fsp3) is 0.300. The van der Waals surface area contributed by atoms with Crippen molar-refractivity contribution in [3.8, 4) is 28.7 Å². The Labute approximate surface area is 400 Å². The van der Waals surface area contributed by atoms with Crippen molar-refractivity contribution in [2.75, 3.05) is 26.9 Å². The summed E-state index contributed by atoms with van der Waals surface area (Å²) in [5, 5.41) is 94.7. The van der Waals surface area contributed by atoms with E-state index in [1.54, 1.807) is 12.1 Å². The lowest BCUT2D eigenvalue weighted by molar-refractivity contribution is -0.381. The summed E-state index contributed by atoms with van der Waals surface area (Å²) < 4.78 is 45.5. The Bertz CT molecular complexity index is 2490. The number of benzene rings is 4. The summed E-state index contributed by atoms with van der Waals surface area (Å²) >= 11 is 0. The van der Waals surface area contributed by atoms with E-state index in [1.807, 2.05) is 0 Å². The topological polar surface area (TPSA) is 307 Å². The molecular formula is C50H52O20. The number of carbonyl (C=O) groups is 3. The number of hydrogen-bond acceptors (Lipinski definition) is 20. The molecule has 2 heterocycles. The van der Waals surface area contributed by atoms with E-state index in [2.05, 4.69) is 0 Å². The summed E-state index contributed by atoms with van der Waals surface area (Å²) in [4.78, 5) is 39.2. The molecule has 0 aromatic heterocycles. The van der Waals surface area contributed by atoms with Crippen LogP contribution < -0.4 is 4.74 Å². The van der Waals surface area contributed by atoms with Gasteiger partial charge in [-0.2, -0.15) is 0 Å². The van der Waals surface area contributed by atoms with E-state index in [4.69, 9.17) is 37.9 Å². The van der Waals surface area contributed by atoms with Crippen molar-refractivity contribution in [1.82, 2.24) is 0 Å². The van der Waals surface area contributed by atoms with Crippen molar-refractivity contribution >= 4 is 42.2 Å².